The predicted octanol–water partition coefficient (Wildman–Crippen LogP) is 1.38. The van der Waals surface area contributed by atoms with Gasteiger partial charge in [0.05, 0.1) is 12.8 Å². The first-order valence-corrected chi connectivity index (χ1v) is 3.09. The summed E-state index contributed by atoms with van der Waals surface area (Å²) < 4.78 is 5.24. The Morgan fingerprint density at radius 3 is 2.89 bits per heavy atom. The van der Waals surface area contributed by atoms with Crippen LogP contribution >= 0.6 is 0 Å². The van der Waals surface area contributed by atoms with Crippen LogP contribution in [0.4, 0.5) is 0 Å². The van der Waals surface area contributed by atoms with Crippen molar-refractivity contribution >= 4 is 6.21 Å². The molecule has 1 aliphatic heterocycles. The van der Waals surface area contributed by atoms with Gasteiger partial charge in [0.1, 0.15) is 5.76 Å². The zero-order valence-electron chi connectivity index (χ0n) is 5.85. The Morgan fingerprint density at radius 2 is 2.44 bits per heavy atom. The smallest absolute Gasteiger partial charge is 0.136 e. The number of aliphatic imine (C=N–C) groups is 1. The lowest BCUT2D eigenvalue weighted by Crippen LogP contribution is -1.85. The van der Waals surface area contributed by atoms with Crippen LogP contribution in [0.25, 0.3) is 0 Å². The zero-order chi connectivity index (χ0) is 6.69. The number of rotatable bonds is 1. The molecule has 1 rings (SSSR count). The maximum absolute atomic E-state index is 5.24. The molecule has 0 unspecified atom stereocenters. The summed E-state index contributed by atoms with van der Waals surface area (Å²) in [6.45, 7) is 2.90. The van der Waals surface area contributed by atoms with Gasteiger partial charge in [0.25, 0.3) is 0 Å². The molecule has 0 aromatic rings. The van der Waals surface area contributed by atoms with Gasteiger partial charge in [-0.05, 0) is 12.5 Å². The highest BCUT2D eigenvalue weighted by Gasteiger charge is 2.07. The minimum atomic E-state index is 0.827. The number of hydrogen-bond acceptors (Lipinski definition) is 2. The second-order valence-corrected chi connectivity index (χ2v) is 2.13. The van der Waals surface area contributed by atoms with Crippen LogP contribution in [0.5, 0.6) is 0 Å². The van der Waals surface area contributed by atoms with Crippen molar-refractivity contribution in [3.8, 4) is 0 Å². The molecule has 0 N–H and O–H groups in total. The summed E-state index contributed by atoms with van der Waals surface area (Å²) in [5.74, 6) is 0.956. The number of allylic oxidation sites excluding steroid dienone is 1. The van der Waals surface area contributed by atoms with Gasteiger partial charge < -0.3 is 4.74 Å². The molecule has 0 fully saturated rings. The molecule has 0 amide bonds. The van der Waals surface area contributed by atoms with E-state index in [1.165, 1.54) is 5.57 Å². The first kappa shape index (κ1) is 6.33. The van der Waals surface area contributed by atoms with Crippen molar-refractivity contribution in [3.05, 3.63) is 11.3 Å². The van der Waals surface area contributed by atoms with Gasteiger partial charge >= 0.3 is 0 Å². The molecule has 0 aromatic heterocycles. The van der Waals surface area contributed by atoms with Gasteiger partial charge in [0.15, 0.2) is 0 Å². The van der Waals surface area contributed by atoms with Crippen molar-refractivity contribution in [3.63, 3.8) is 0 Å². The quantitative estimate of drug-likeness (QED) is 0.485. The molecule has 2 heteroatoms. The number of ether oxygens (including phenoxy) is 1. The first-order chi connectivity index (χ1) is 4.34. The second-order valence-electron chi connectivity index (χ2n) is 2.13. The van der Waals surface area contributed by atoms with Gasteiger partial charge in [-0.1, -0.05) is 0 Å². The lowest BCUT2D eigenvalue weighted by molar-refractivity contribution is 0.265. The molecule has 0 spiro atoms. The number of nitrogens with zero attached hydrogens (tertiary/aromatic N) is 1. The molecule has 9 heavy (non-hydrogen) atoms. The van der Waals surface area contributed by atoms with Crippen LogP contribution in [0.1, 0.15) is 13.3 Å². The van der Waals surface area contributed by atoms with Crippen molar-refractivity contribution in [2.24, 2.45) is 4.99 Å². The van der Waals surface area contributed by atoms with Crippen molar-refractivity contribution in [2.45, 2.75) is 13.3 Å². The molecule has 0 saturated carbocycles. The molecule has 50 valence electrons. The molecule has 0 atom stereocenters. The van der Waals surface area contributed by atoms with Crippen molar-refractivity contribution in [2.75, 3.05) is 13.7 Å². The molecular weight excluding hydrogens is 114 g/mol. The number of hydrogen-bond donors (Lipinski definition) is 0. The van der Waals surface area contributed by atoms with E-state index in [1.807, 2.05) is 0 Å². The second kappa shape index (κ2) is 2.67. The van der Waals surface area contributed by atoms with Crippen molar-refractivity contribution in [1.29, 1.82) is 0 Å². The third-order valence-electron chi connectivity index (χ3n) is 1.40. The molecular formula is C7H11NO. The molecule has 0 aromatic carbocycles. The topological polar surface area (TPSA) is 21.6 Å². The molecule has 2 nitrogen and oxygen atoms in total. The third kappa shape index (κ3) is 1.31. The Balaban J connectivity index is 2.66. The zero-order valence-corrected chi connectivity index (χ0v) is 5.85. The summed E-state index contributed by atoms with van der Waals surface area (Å²) in [5, 5.41) is 0. The lowest BCUT2D eigenvalue weighted by Gasteiger charge is -1.93. The molecule has 0 saturated heterocycles. The maximum Gasteiger partial charge on any atom is 0.136 e. The van der Waals surface area contributed by atoms with E-state index in [0.717, 1.165) is 18.8 Å². The Hall–Kier alpha value is -0.790. The van der Waals surface area contributed by atoms with E-state index in [4.69, 9.17) is 4.74 Å². The van der Waals surface area contributed by atoms with Crippen LogP contribution < -0.4 is 0 Å². The van der Waals surface area contributed by atoms with Gasteiger partial charge in [-0.25, -0.2) is 0 Å². The van der Waals surface area contributed by atoms with E-state index in [0.29, 0.717) is 0 Å². The van der Waals surface area contributed by atoms with Crippen LogP contribution in [0, 0.1) is 0 Å². The van der Waals surface area contributed by atoms with E-state index in [9.17, 15) is 0 Å². The molecule has 0 aliphatic carbocycles. The van der Waals surface area contributed by atoms with E-state index >= 15 is 0 Å². The first-order valence-electron chi connectivity index (χ1n) is 3.09. The fourth-order valence-electron chi connectivity index (χ4n) is 0.825. The maximum atomic E-state index is 5.24. The van der Waals surface area contributed by atoms with Crippen LogP contribution in [-0.4, -0.2) is 19.9 Å². The molecule has 1 aliphatic rings. The van der Waals surface area contributed by atoms with Gasteiger partial charge in [0, 0.05) is 13.5 Å². The van der Waals surface area contributed by atoms with Gasteiger partial charge in [0.2, 0.25) is 0 Å². The van der Waals surface area contributed by atoms with Crippen LogP contribution in [0.2, 0.25) is 0 Å². The van der Waals surface area contributed by atoms with Gasteiger partial charge in [-0.15, -0.1) is 0 Å². The van der Waals surface area contributed by atoms with Crippen molar-refractivity contribution < 1.29 is 4.74 Å². The summed E-state index contributed by atoms with van der Waals surface area (Å²) in [5.41, 5.74) is 1.31. The van der Waals surface area contributed by atoms with Gasteiger partial charge in [-0.2, -0.15) is 0 Å². The van der Waals surface area contributed by atoms with Crippen molar-refractivity contribution in [1.82, 2.24) is 0 Å². The molecule has 0 bridgehead atoms. The van der Waals surface area contributed by atoms with E-state index in [2.05, 4.69) is 11.9 Å². The summed E-state index contributed by atoms with van der Waals surface area (Å²) in [4.78, 5) is 3.86. The van der Waals surface area contributed by atoms with Crippen LogP contribution in [0.15, 0.2) is 16.3 Å². The van der Waals surface area contributed by atoms with Gasteiger partial charge in [-0.3, -0.25) is 4.99 Å². The Labute approximate surface area is 55.2 Å². The monoisotopic (exact) mass is 125 g/mol. The lowest BCUT2D eigenvalue weighted by atomic mass is 10.2. The average Bonchev–Trinajstić information content (AvgIpc) is 2.18. The van der Waals surface area contributed by atoms with E-state index in [-0.39, 0.29) is 0 Å². The normalized spacial score (nSPS) is 19.3. The summed E-state index contributed by atoms with van der Waals surface area (Å²) in [6, 6.07) is 0. The standard InChI is InChI=1S/C7H11NO/c1-6-3-4-9-7(6)5-8-2/h5H,3-4H2,1-2H3. The van der Waals surface area contributed by atoms with E-state index < -0.39 is 0 Å². The van der Waals surface area contributed by atoms with E-state index in [1.54, 1.807) is 13.3 Å². The fraction of sp³-hybridized carbons (Fsp3) is 0.571. The Morgan fingerprint density at radius 1 is 1.67 bits per heavy atom. The average molecular weight is 125 g/mol. The Bertz CT molecular complexity index is 158. The third-order valence-corrected chi connectivity index (χ3v) is 1.40. The SMILES string of the molecule is CN=CC1=C(C)CCO1. The molecule has 1 heterocycles. The summed E-state index contributed by atoms with van der Waals surface area (Å²) in [7, 11) is 1.75. The van der Waals surface area contributed by atoms with Crippen LogP contribution in [-0.2, 0) is 4.74 Å². The minimum absolute atomic E-state index is 0.827. The largest absolute Gasteiger partial charge is 0.492 e. The fourth-order valence-corrected chi connectivity index (χ4v) is 0.825. The summed E-state index contributed by atoms with van der Waals surface area (Å²) in [6.07, 6.45) is 2.82. The minimum Gasteiger partial charge on any atom is -0.492 e. The highest BCUT2D eigenvalue weighted by atomic mass is 16.5. The highest BCUT2D eigenvalue weighted by Crippen LogP contribution is 2.15. The highest BCUT2D eigenvalue weighted by molar-refractivity contribution is 5.77. The molecule has 0 radical (unpaired) electrons. The summed E-state index contributed by atoms with van der Waals surface area (Å²) >= 11 is 0. The Kier molecular flexibility index (Phi) is 1.88. The van der Waals surface area contributed by atoms with Crippen LogP contribution in [0.3, 0.4) is 0 Å². The predicted molar refractivity (Wildman–Crippen MR) is 37.7 cm³/mol.